The summed E-state index contributed by atoms with van der Waals surface area (Å²) in [5, 5.41) is 0.708. The Morgan fingerprint density at radius 1 is 1.10 bits per heavy atom. The van der Waals surface area contributed by atoms with Crippen LogP contribution in [0.25, 0.3) is 0 Å². The highest BCUT2D eigenvalue weighted by atomic mass is 79.9. The predicted octanol–water partition coefficient (Wildman–Crippen LogP) is 3.79. The van der Waals surface area contributed by atoms with Gasteiger partial charge in [-0.1, -0.05) is 34.8 Å². The van der Waals surface area contributed by atoms with Gasteiger partial charge in [-0.2, -0.15) is 0 Å². The van der Waals surface area contributed by atoms with Gasteiger partial charge >= 0.3 is 0 Å². The summed E-state index contributed by atoms with van der Waals surface area (Å²) in [5.74, 6) is -0.0868. The molecule has 0 radical (unpaired) electrons. The van der Waals surface area contributed by atoms with E-state index in [0.29, 0.717) is 5.33 Å². The van der Waals surface area contributed by atoms with Gasteiger partial charge in [0.15, 0.2) is 0 Å². The van der Waals surface area contributed by atoms with Crippen LogP contribution in [0.1, 0.15) is 31.2 Å². The molecule has 1 heterocycles. The maximum absolute atomic E-state index is 14.1. The van der Waals surface area contributed by atoms with E-state index in [4.69, 9.17) is 0 Å². The number of anilines is 1. The summed E-state index contributed by atoms with van der Waals surface area (Å²) in [6.45, 7) is 4.04. The van der Waals surface area contributed by atoms with E-state index >= 15 is 0 Å². The minimum Gasteiger partial charge on any atom is -0.367 e. The number of nitrogens with zero attached hydrogens (tertiary/aromatic N) is 2. The summed E-state index contributed by atoms with van der Waals surface area (Å²) in [7, 11) is 0. The van der Waals surface area contributed by atoms with Crippen molar-refractivity contribution in [3.8, 4) is 0 Å². The second-order valence-corrected chi connectivity index (χ2v) is 6.44. The molecule has 1 aromatic rings. The summed E-state index contributed by atoms with van der Waals surface area (Å²) in [4.78, 5) is 4.80. The molecule has 0 aromatic heterocycles. The highest BCUT2D eigenvalue weighted by molar-refractivity contribution is 9.08. The average Bonchev–Trinajstić information content (AvgIpc) is 3.01. The number of alkyl halides is 1. The third kappa shape index (κ3) is 3.01. The molecule has 0 bridgehead atoms. The molecule has 4 heteroatoms. The molecule has 2 nitrogen and oxygen atoms in total. The summed E-state index contributed by atoms with van der Waals surface area (Å²) < 4.78 is 14.1. The first-order chi connectivity index (χ1) is 9.78. The highest BCUT2D eigenvalue weighted by Crippen LogP contribution is 2.27. The topological polar surface area (TPSA) is 6.48 Å². The van der Waals surface area contributed by atoms with Crippen molar-refractivity contribution in [1.82, 2.24) is 4.90 Å². The zero-order valence-electron chi connectivity index (χ0n) is 11.8. The number of benzene rings is 1. The van der Waals surface area contributed by atoms with E-state index in [2.05, 4.69) is 25.7 Å². The van der Waals surface area contributed by atoms with Crippen molar-refractivity contribution in [2.24, 2.45) is 0 Å². The number of piperazine rings is 1. The maximum Gasteiger partial charge on any atom is 0.146 e. The number of rotatable bonds is 3. The number of hydrogen-bond acceptors (Lipinski definition) is 2. The Labute approximate surface area is 129 Å². The molecule has 1 aliphatic heterocycles. The first kappa shape index (κ1) is 14.3. The molecule has 0 atom stereocenters. The lowest BCUT2D eigenvalue weighted by Crippen LogP contribution is -2.50. The van der Waals surface area contributed by atoms with E-state index in [0.717, 1.165) is 43.5 Å². The van der Waals surface area contributed by atoms with Crippen LogP contribution in [0.5, 0.6) is 0 Å². The van der Waals surface area contributed by atoms with Gasteiger partial charge in [0, 0.05) is 37.6 Å². The van der Waals surface area contributed by atoms with Crippen molar-refractivity contribution in [1.29, 1.82) is 0 Å². The Morgan fingerprint density at radius 3 is 2.40 bits per heavy atom. The van der Waals surface area contributed by atoms with Gasteiger partial charge in [0.05, 0.1) is 5.69 Å². The SMILES string of the molecule is Fc1cc(CBr)ccc1N1CCN(C2CCCC2)CC1. The van der Waals surface area contributed by atoms with Gasteiger partial charge in [0.2, 0.25) is 0 Å². The Morgan fingerprint density at radius 2 is 1.80 bits per heavy atom. The number of halogens is 2. The summed E-state index contributed by atoms with van der Waals surface area (Å²) in [6.07, 6.45) is 5.48. The van der Waals surface area contributed by atoms with Crippen LogP contribution in [-0.2, 0) is 5.33 Å². The van der Waals surface area contributed by atoms with Crippen molar-refractivity contribution in [2.45, 2.75) is 37.1 Å². The Bertz CT molecular complexity index is 452. The molecule has 110 valence electrons. The number of hydrogen-bond donors (Lipinski definition) is 0. The summed E-state index contributed by atoms with van der Waals surface area (Å²) in [5.41, 5.74) is 1.76. The second kappa shape index (κ2) is 6.44. The first-order valence-corrected chi connectivity index (χ1v) is 8.73. The van der Waals surface area contributed by atoms with Crippen molar-refractivity contribution in [2.75, 3.05) is 31.1 Å². The molecule has 1 aromatic carbocycles. The first-order valence-electron chi connectivity index (χ1n) is 7.61. The van der Waals surface area contributed by atoms with Crippen LogP contribution < -0.4 is 4.90 Å². The van der Waals surface area contributed by atoms with Crippen LogP contribution in [0.3, 0.4) is 0 Å². The van der Waals surface area contributed by atoms with Gasteiger partial charge in [0.25, 0.3) is 0 Å². The standard InChI is InChI=1S/C16H22BrFN2/c17-12-13-5-6-16(15(18)11-13)20-9-7-19(8-10-20)14-3-1-2-4-14/h5-6,11,14H,1-4,7-10,12H2. The molecule has 1 saturated carbocycles. The Hall–Kier alpha value is -0.610. The smallest absolute Gasteiger partial charge is 0.146 e. The quantitative estimate of drug-likeness (QED) is 0.772. The zero-order valence-corrected chi connectivity index (χ0v) is 13.4. The molecule has 3 rings (SSSR count). The summed E-state index contributed by atoms with van der Waals surface area (Å²) >= 11 is 3.37. The monoisotopic (exact) mass is 340 g/mol. The van der Waals surface area contributed by atoms with Crippen molar-refractivity contribution in [3.63, 3.8) is 0 Å². The predicted molar refractivity (Wildman–Crippen MR) is 85.1 cm³/mol. The lowest BCUT2D eigenvalue weighted by atomic mass is 10.1. The van der Waals surface area contributed by atoms with Crippen LogP contribution in [0.4, 0.5) is 10.1 Å². The van der Waals surface area contributed by atoms with Crippen molar-refractivity contribution >= 4 is 21.6 Å². The molecule has 20 heavy (non-hydrogen) atoms. The van der Waals surface area contributed by atoms with Gasteiger partial charge in [0.1, 0.15) is 5.82 Å². The summed E-state index contributed by atoms with van der Waals surface area (Å²) in [6, 6.07) is 6.37. The van der Waals surface area contributed by atoms with Gasteiger partial charge in [-0.3, -0.25) is 4.90 Å². The van der Waals surface area contributed by atoms with Gasteiger partial charge < -0.3 is 4.90 Å². The van der Waals surface area contributed by atoms with Crippen LogP contribution in [0, 0.1) is 5.82 Å². The Balaban J connectivity index is 1.62. The molecule has 2 fully saturated rings. The van der Waals surface area contributed by atoms with Gasteiger partial charge in [-0.15, -0.1) is 0 Å². The zero-order chi connectivity index (χ0) is 13.9. The van der Waals surface area contributed by atoms with Crippen LogP contribution in [0.2, 0.25) is 0 Å². The third-order valence-corrected chi connectivity index (χ3v) is 5.31. The fourth-order valence-electron chi connectivity index (χ4n) is 3.49. The van der Waals surface area contributed by atoms with E-state index in [1.165, 1.54) is 25.7 Å². The van der Waals surface area contributed by atoms with Gasteiger partial charge in [-0.05, 0) is 30.5 Å². The molecular formula is C16H22BrFN2. The second-order valence-electron chi connectivity index (χ2n) is 5.88. The largest absolute Gasteiger partial charge is 0.367 e. The van der Waals surface area contributed by atoms with Crippen LogP contribution >= 0.6 is 15.9 Å². The Kier molecular flexibility index (Phi) is 4.61. The molecule has 0 unspecified atom stereocenters. The lowest BCUT2D eigenvalue weighted by Gasteiger charge is -2.39. The third-order valence-electron chi connectivity index (χ3n) is 4.66. The van der Waals surface area contributed by atoms with Crippen LogP contribution in [0.15, 0.2) is 18.2 Å². The molecular weight excluding hydrogens is 319 g/mol. The molecule has 0 amide bonds. The lowest BCUT2D eigenvalue weighted by molar-refractivity contribution is 0.187. The molecule has 1 saturated heterocycles. The normalized spacial score (nSPS) is 21.6. The minimum absolute atomic E-state index is 0.0868. The van der Waals surface area contributed by atoms with Crippen molar-refractivity contribution < 1.29 is 4.39 Å². The highest BCUT2D eigenvalue weighted by Gasteiger charge is 2.26. The van der Waals surface area contributed by atoms with Crippen LogP contribution in [-0.4, -0.2) is 37.1 Å². The minimum atomic E-state index is -0.0868. The van der Waals surface area contributed by atoms with Crippen molar-refractivity contribution in [3.05, 3.63) is 29.6 Å². The molecule has 0 spiro atoms. The average molecular weight is 341 g/mol. The molecule has 1 aliphatic carbocycles. The maximum atomic E-state index is 14.1. The van der Waals surface area contributed by atoms with E-state index in [-0.39, 0.29) is 5.82 Å². The fraction of sp³-hybridized carbons (Fsp3) is 0.625. The van der Waals surface area contributed by atoms with E-state index in [9.17, 15) is 4.39 Å². The van der Waals surface area contributed by atoms with Gasteiger partial charge in [-0.25, -0.2) is 4.39 Å². The fourth-order valence-corrected chi connectivity index (χ4v) is 3.84. The van der Waals surface area contributed by atoms with E-state index in [1.54, 1.807) is 6.07 Å². The van der Waals surface area contributed by atoms with E-state index in [1.807, 2.05) is 12.1 Å². The molecule has 2 aliphatic rings. The molecule has 0 N–H and O–H groups in total. The van der Waals surface area contributed by atoms with E-state index < -0.39 is 0 Å².